The maximum Gasteiger partial charge on any atom is 0.330 e. The predicted molar refractivity (Wildman–Crippen MR) is 137 cm³/mol. The van der Waals surface area contributed by atoms with E-state index in [1.807, 2.05) is 0 Å². The third kappa shape index (κ3) is 5.07. The van der Waals surface area contributed by atoms with Crippen molar-refractivity contribution in [3.63, 3.8) is 0 Å². The van der Waals surface area contributed by atoms with Crippen LogP contribution >= 0.6 is 0 Å². The molecular weight excluding hydrogens is 471 g/mol. The van der Waals surface area contributed by atoms with Crippen LogP contribution in [0.4, 0.5) is 4.39 Å². The largest absolute Gasteiger partial charge is 0.414 e. The third-order valence-electron chi connectivity index (χ3n) is 8.47. The number of rotatable bonds is 7. The fourth-order valence-corrected chi connectivity index (χ4v) is 6.25. The minimum Gasteiger partial charge on any atom is -0.414 e. The first kappa shape index (κ1) is 27.5. The van der Waals surface area contributed by atoms with E-state index in [2.05, 4.69) is 72.7 Å². The molecule has 1 N–H and O–H groups in total. The number of halogens is 1. The van der Waals surface area contributed by atoms with E-state index in [9.17, 15) is 9.59 Å². The summed E-state index contributed by atoms with van der Waals surface area (Å²) in [7, 11) is -4.56. The second-order valence-electron chi connectivity index (χ2n) is 13.0. The van der Waals surface area contributed by atoms with Crippen LogP contribution < -0.4 is 11.2 Å². The number of ether oxygens (including phenoxy) is 1. The highest BCUT2D eigenvalue weighted by Gasteiger charge is 2.65. The highest BCUT2D eigenvalue weighted by Crippen LogP contribution is 2.55. The number of H-pyrrole nitrogens is 1. The Kier molecular flexibility index (Phi) is 7.11. The Morgan fingerprint density at radius 2 is 1.65 bits per heavy atom. The molecule has 0 amide bonds. The smallest absolute Gasteiger partial charge is 0.330 e. The molecule has 1 aliphatic heterocycles. The van der Waals surface area contributed by atoms with Crippen molar-refractivity contribution in [1.82, 2.24) is 9.55 Å². The Labute approximate surface area is 204 Å². The van der Waals surface area contributed by atoms with Crippen LogP contribution in [0.5, 0.6) is 0 Å². The molecule has 194 valence electrons. The second-order valence-corrected chi connectivity index (χ2v) is 22.6. The SMILES string of the molecule is CC(C)(C)[Si](C)(C)OC[C@@]1(C2CC2)O[C@@H](n2ccc(=O)[nH]c2=O)[C@@H](F)[C@@H]1O[Si](C)(C)C(C)(C)C. The monoisotopic (exact) mass is 514 g/mol. The van der Waals surface area contributed by atoms with E-state index in [4.69, 9.17) is 13.6 Å². The van der Waals surface area contributed by atoms with Gasteiger partial charge in [-0.3, -0.25) is 14.3 Å². The lowest BCUT2D eigenvalue weighted by Crippen LogP contribution is -2.57. The first-order valence-electron chi connectivity index (χ1n) is 12.3. The average molecular weight is 515 g/mol. The zero-order valence-corrected chi connectivity index (χ0v) is 24.5. The Hall–Kier alpha value is -1.08. The topological polar surface area (TPSA) is 82.5 Å². The van der Waals surface area contributed by atoms with Crippen LogP contribution in [-0.2, 0) is 13.6 Å². The summed E-state index contributed by atoms with van der Waals surface area (Å²) in [4.78, 5) is 26.4. The Bertz CT molecular complexity index is 1010. The van der Waals surface area contributed by atoms with Crippen LogP contribution in [0, 0.1) is 5.92 Å². The number of aromatic nitrogens is 2. The van der Waals surface area contributed by atoms with E-state index in [0.29, 0.717) is 0 Å². The van der Waals surface area contributed by atoms with Gasteiger partial charge in [0.25, 0.3) is 5.56 Å². The number of alkyl halides is 1. The molecule has 7 nitrogen and oxygen atoms in total. The van der Waals surface area contributed by atoms with Crippen LogP contribution in [0.2, 0.25) is 36.3 Å². The third-order valence-corrected chi connectivity index (χ3v) is 17.4. The lowest BCUT2D eigenvalue weighted by atomic mass is 9.91. The summed E-state index contributed by atoms with van der Waals surface area (Å²) >= 11 is 0. The summed E-state index contributed by atoms with van der Waals surface area (Å²) < 4.78 is 37.4. The summed E-state index contributed by atoms with van der Waals surface area (Å²) in [6.45, 7) is 21.6. The summed E-state index contributed by atoms with van der Waals surface area (Å²) in [6, 6.07) is 1.21. The van der Waals surface area contributed by atoms with Gasteiger partial charge in [-0.2, -0.15) is 0 Å². The minimum atomic E-state index is -2.39. The van der Waals surface area contributed by atoms with Gasteiger partial charge in [-0.1, -0.05) is 41.5 Å². The zero-order valence-electron chi connectivity index (χ0n) is 22.5. The molecule has 2 fully saturated rings. The number of nitrogens with zero attached hydrogens (tertiary/aromatic N) is 1. The van der Waals surface area contributed by atoms with E-state index >= 15 is 4.39 Å². The molecule has 34 heavy (non-hydrogen) atoms. The number of aromatic amines is 1. The lowest BCUT2D eigenvalue weighted by Gasteiger charge is -2.45. The summed E-state index contributed by atoms with van der Waals surface area (Å²) in [5.74, 6) is 0.0914. The van der Waals surface area contributed by atoms with Crippen molar-refractivity contribution < 1.29 is 18.0 Å². The van der Waals surface area contributed by atoms with Gasteiger partial charge in [0, 0.05) is 12.3 Å². The molecule has 1 aliphatic carbocycles. The van der Waals surface area contributed by atoms with Gasteiger partial charge in [0.15, 0.2) is 29.0 Å². The van der Waals surface area contributed by atoms with Crippen LogP contribution in [0.15, 0.2) is 21.9 Å². The van der Waals surface area contributed by atoms with Crippen molar-refractivity contribution in [2.75, 3.05) is 6.61 Å². The number of hydrogen-bond acceptors (Lipinski definition) is 5. The molecule has 4 atom stereocenters. The van der Waals surface area contributed by atoms with Crippen LogP contribution in [0.3, 0.4) is 0 Å². The molecule has 1 aromatic rings. The average Bonchev–Trinajstić information content (AvgIpc) is 3.47. The first-order valence-corrected chi connectivity index (χ1v) is 18.1. The van der Waals surface area contributed by atoms with Crippen molar-refractivity contribution in [2.45, 2.75) is 115 Å². The van der Waals surface area contributed by atoms with Gasteiger partial charge in [-0.15, -0.1) is 0 Å². The van der Waals surface area contributed by atoms with Crippen molar-refractivity contribution >= 4 is 16.6 Å². The quantitative estimate of drug-likeness (QED) is 0.520. The number of nitrogens with one attached hydrogen (secondary N) is 1. The standard InChI is InChI=1S/C24H43FN2O5Si2/c1-22(2,3)33(7,8)30-15-24(16-11-12-16)19(32-34(9,10)23(4,5)6)18(25)20(31-24)27-14-13-17(28)26-21(27)29/h13-14,16,18-20H,11-12,15H2,1-10H3,(H,26,28,29)/t18-,19-,20+,24-/m0/s1. The molecule has 3 rings (SSSR count). The van der Waals surface area contributed by atoms with Gasteiger partial charge in [-0.25, -0.2) is 9.18 Å². The van der Waals surface area contributed by atoms with E-state index in [1.54, 1.807) is 0 Å². The molecule has 0 radical (unpaired) electrons. The molecule has 2 aliphatic rings. The van der Waals surface area contributed by atoms with Gasteiger partial charge in [0.2, 0.25) is 0 Å². The molecule has 0 bridgehead atoms. The van der Waals surface area contributed by atoms with E-state index in [0.717, 1.165) is 17.4 Å². The maximum atomic E-state index is 16.4. The van der Waals surface area contributed by atoms with Gasteiger partial charge in [-0.05, 0) is 55.0 Å². The van der Waals surface area contributed by atoms with Gasteiger partial charge < -0.3 is 13.6 Å². The molecule has 0 aromatic carbocycles. The highest BCUT2D eigenvalue weighted by atomic mass is 28.4. The van der Waals surface area contributed by atoms with Gasteiger partial charge in [0.1, 0.15) is 11.7 Å². The molecule has 1 aromatic heterocycles. The van der Waals surface area contributed by atoms with Crippen molar-refractivity contribution in [3.8, 4) is 0 Å². The van der Waals surface area contributed by atoms with E-state index < -0.39 is 52.0 Å². The summed E-state index contributed by atoms with van der Waals surface area (Å²) in [6.07, 6.45) is -0.533. The molecule has 2 heterocycles. The molecule has 0 unspecified atom stereocenters. The van der Waals surface area contributed by atoms with E-state index in [-0.39, 0.29) is 22.6 Å². The normalized spacial score (nSPS) is 29.0. The van der Waals surface area contributed by atoms with Crippen LogP contribution in [0.1, 0.15) is 60.6 Å². The van der Waals surface area contributed by atoms with Gasteiger partial charge in [0.05, 0.1) is 6.61 Å². The highest BCUT2D eigenvalue weighted by molar-refractivity contribution is 6.74. The summed E-state index contributed by atoms with van der Waals surface area (Å²) in [5.41, 5.74) is -2.22. The second kappa shape index (κ2) is 8.79. The Balaban J connectivity index is 2.07. The van der Waals surface area contributed by atoms with E-state index in [1.165, 1.54) is 12.3 Å². The minimum absolute atomic E-state index is 0.0174. The Morgan fingerprint density at radius 3 is 2.12 bits per heavy atom. The van der Waals surface area contributed by atoms with Crippen molar-refractivity contribution in [3.05, 3.63) is 33.1 Å². The first-order chi connectivity index (χ1) is 15.3. The Morgan fingerprint density at radius 1 is 1.09 bits per heavy atom. The molecular formula is C24H43FN2O5Si2. The molecule has 1 saturated carbocycles. The van der Waals surface area contributed by atoms with Crippen molar-refractivity contribution in [1.29, 1.82) is 0 Å². The van der Waals surface area contributed by atoms with Gasteiger partial charge >= 0.3 is 5.69 Å². The van der Waals surface area contributed by atoms with Crippen molar-refractivity contribution in [2.24, 2.45) is 5.92 Å². The van der Waals surface area contributed by atoms with Crippen LogP contribution in [-0.4, -0.2) is 50.7 Å². The molecule has 1 saturated heterocycles. The predicted octanol–water partition coefficient (Wildman–Crippen LogP) is 4.96. The van der Waals surface area contributed by atoms with Crippen LogP contribution in [0.25, 0.3) is 0 Å². The molecule has 10 heteroatoms. The molecule has 0 spiro atoms. The summed E-state index contributed by atoms with van der Waals surface area (Å²) in [5, 5.41) is -0.147. The fraction of sp³-hybridized carbons (Fsp3) is 0.833. The number of hydrogen-bond donors (Lipinski definition) is 1. The maximum absolute atomic E-state index is 16.4. The fourth-order valence-electron chi connectivity index (χ4n) is 3.92. The zero-order chi connectivity index (χ0) is 25.9. The lowest BCUT2D eigenvalue weighted by molar-refractivity contribution is -0.136.